The molecule has 8 nitrogen and oxygen atoms in total. The molecular weight excluding hydrogens is 256 g/mol. The van der Waals surface area contributed by atoms with Crippen LogP contribution in [0.15, 0.2) is 39.9 Å². The molecule has 2 heterocycles. The zero-order chi connectivity index (χ0) is 14.0. The maximum atomic E-state index is 11.5. The van der Waals surface area contributed by atoms with Crippen LogP contribution in [0.25, 0.3) is 0 Å². The first kappa shape index (κ1) is 12.6. The van der Waals surface area contributed by atoms with E-state index in [1.807, 2.05) is 0 Å². The highest BCUT2D eigenvalue weighted by atomic mass is 16.6. The van der Waals surface area contributed by atoms with Crippen molar-refractivity contribution in [2.75, 3.05) is 0 Å². The number of aromatic carboxylic acids is 1. The Morgan fingerprint density at radius 3 is 2.79 bits per heavy atom. The van der Waals surface area contributed by atoms with Crippen molar-refractivity contribution in [1.82, 2.24) is 4.57 Å². The van der Waals surface area contributed by atoms with E-state index >= 15 is 0 Å². The predicted octanol–water partition coefficient (Wildman–Crippen LogP) is 1.10. The standard InChI is InChI=1S/C11H8N2O6/c14-10-2-1-8(13(17)18)4-12(10)5-9-3-7(6-19-9)11(15)16/h1-4,6H,5H2,(H,15,16). The number of carboxylic acid groups (broad SMARTS) is 1. The normalized spacial score (nSPS) is 10.3. The van der Waals surface area contributed by atoms with Gasteiger partial charge in [-0.1, -0.05) is 0 Å². The molecule has 2 rings (SSSR count). The molecule has 0 atom stereocenters. The maximum absolute atomic E-state index is 11.5. The zero-order valence-corrected chi connectivity index (χ0v) is 9.48. The molecule has 0 aliphatic carbocycles. The van der Waals surface area contributed by atoms with Gasteiger partial charge in [-0.2, -0.15) is 0 Å². The maximum Gasteiger partial charge on any atom is 0.338 e. The number of aromatic nitrogens is 1. The molecule has 0 spiro atoms. The highest BCUT2D eigenvalue weighted by Crippen LogP contribution is 2.11. The first-order valence-corrected chi connectivity index (χ1v) is 5.13. The summed E-state index contributed by atoms with van der Waals surface area (Å²) in [6.07, 6.45) is 2.12. The van der Waals surface area contributed by atoms with Gasteiger partial charge in [-0.05, 0) is 6.07 Å². The van der Waals surface area contributed by atoms with Crippen LogP contribution >= 0.6 is 0 Å². The summed E-state index contributed by atoms with van der Waals surface area (Å²) in [4.78, 5) is 32.2. The van der Waals surface area contributed by atoms with Gasteiger partial charge in [0.25, 0.3) is 11.2 Å². The molecule has 1 N–H and O–H groups in total. The van der Waals surface area contributed by atoms with Crippen molar-refractivity contribution in [3.63, 3.8) is 0 Å². The summed E-state index contributed by atoms with van der Waals surface area (Å²) in [6, 6.07) is 3.43. The first-order chi connectivity index (χ1) is 8.97. The molecule has 2 aromatic rings. The van der Waals surface area contributed by atoms with Crippen molar-refractivity contribution in [2.24, 2.45) is 0 Å². The number of nitrogens with zero attached hydrogens (tertiary/aromatic N) is 2. The molecule has 0 aromatic carbocycles. The first-order valence-electron chi connectivity index (χ1n) is 5.13. The SMILES string of the molecule is O=C(O)c1coc(Cn2cc([N+](=O)[O-])ccc2=O)c1. The van der Waals surface area contributed by atoms with Crippen molar-refractivity contribution in [1.29, 1.82) is 0 Å². The molecule has 0 aliphatic rings. The average Bonchev–Trinajstić information content (AvgIpc) is 2.80. The number of rotatable bonds is 4. The minimum absolute atomic E-state index is 0.0477. The summed E-state index contributed by atoms with van der Waals surface area (Å²) >= 11 is 0. The molecule has 0 radical (unpaired) electrons. The molecule has 0 bridgehead atoms. The lowest BCUT2D eigenvalue weighted by Gasteiger charge is -2.01. The Labute approximate surface area is 105 Å². The second-order valence-corrected chi connectivity index (χ2v) is 3.72. The molecule has 0 aliphatic heterocycles. The zero-order valence-electron chi connectivity index (χ0n) is 9.48. The highest BCUT2D eigenvalue weighted by Gasteiger charge is 2.11. The van der Waals surface area contributed by atoms with Crippen molar-refractivity contribution in [3.05, 3.63) is 62.5 Å². The fourth-order valence-corrected chi connectivity index (χ4v) is 1.49. The second-order valence-electron chi connectivity index (χ2n) is 3.72. The number of furan rings is 1. The minimum Gasteiger partial charge on any atom is -0.478 e. The number of hydrogen-bond donors (Lipinski definition) is 1. The van der Waals surface area contributed by atoms with Crippen LogP contribution in [0.4, 0.5) is 5.69 Å². The van der Waals surface area contributed by atoms with Crippen LogP contribution in [0.5, 0.6) is 0 Å². The Morgan fingerprint density at radius 1 is 1.47 bits per heavy atom. The Morgan fingerprint density at radius 2 is 2.21 bits per heavy atom. The van der Waals surface area contributed by atoms with Crippen LogP contribution in [0.3, 0.4) is 0 Å². The highest BCUT2D eigenvalue weighted by molar-refractivity contribution is 5.87. The van der Waals surface area contributed by atoms with Crippen LogP contribution in [0.2, 0.25) is 0 Å². The van der Waals surface area contributed by atoms with Crippen molar-refractivity contribution < 1.29 is 19.2 Å². The largest absolute Gasteiger partial charge is 0.478 e. The average molecular weight is 264 g/mol. The number of carboxylic acids is 1. The van der Waals surface area contributed by atoms with E-state index in [1.165, 1.54) is 6.07 Å². The molecule has 0 saturated heterocycles. The van der Waals surface area contributed by atoms with Crippen LogP contribution in [-0.4, -0.2) is 20.6 Å². The lowest BCUT2D eigenvalue weighted by molar-refractivity contribution is -0.385. The van der Waals surface area contributed by atoms with Gasteiger partial charge in [0.1, 0.15) is 12.0 Å². The van der Waals surface area contributed by atoms with Crippen molar-refractivity contribution in [3.8, 4) is 0 Å². The molecule has 0 amide bonds. The third kappa shape index (κ3) is 2.68. The van der Waals surface area contributed by atoms with Gasteiger partial charge in [0.15, 0.2) is 0 Å². The van der Waals surface area contributed by atoms with Gasteiger partial charge in [0, 0.05) is 12.1 Å². The summed E-state index contributed by atoms with van der Waals surface area (Å²) in [7, 11) is 0. The van der Waals surface area contributed by atoms with Gasteiger partial charge in [-0.15, -0.1) is 0 Å². The predicted molar refractivity (Wildman–Crippen MR) is 62.1 cm³/mol. The van der Waals surface area contributed by atoms with E-state index < -0.39 is 16.5 Å². The Kier molecular flexibility index (Phi) is 3.15. The van der Waals surface area contributed by atoms with Gasteiger partial charge >= 0.3 is 5.97 Å². The number of nitro groups is 1. The third-order valence-electron chi connectivity index (χ3n) is 2.41. The lowest BCUT2D eigenvalue weighted by Crippen LogP contribution is -2.19. The van der Waals surface area contributed by atoms with E-state index in [1.54, 1.807) is 0 Å². The smallest absolute Gasteiger partial charge is 0.338 e. The van der Waals surface area contributed by atoms with Gasteiger partial charge in [-0.25, -0.2) is 4.79 Å². The summed E-state index contributed by atoms with van der Waals surface area (Å²) in [5.41, 5.74) is -0.725. The van der Waals surface area contributed by atoms with Crippen molar-refractivity contribution in [2.45, 2.75) is 6.54 Å². The lowest BCUT2D eigenvalue weighted by atomic mass is 10.3. The third-order valence-corrected chi connectivity index (χ3v) is 2.41. The van der Waals surface area contributed by atoms with Crippen LogP contribution in [0, 0.1) is 10.1 Å². The van der Waals surface area contributed by atoms with Crippen LogP contribution in [0.1, 0.15) is 16.1 Å². The fourth-order valence-electron chi connectivity index (χ4n) is 1.49. The fraction of sp³-hybridized carbons (Fsp3) is 0.0909. The molecule has 19 heavy (non-hydrogen) atoms. The van der Waals surface area contributed by atoms with Gasteiger partial charge in [0.2, 0.25) is 0 Å². The number of carbonyl (C=O) groups is 1. The van der Waals surface area contributed by atoms with E-state index in [9.17, 15) is 19.7 Å². The molecule has 8 heteroatoms. The molecule has 0 saturated carbocycles. The summed E-state index contributed by atoms with van der Waals surface area (Å²) in [6.45, 7) is -0.0756. The molecule has 0 unspecified atom stereocenters. The van der Waals surface area contributed by atoms with E-state index in [0.29, 0.717) is 0 Å². The second kappa shape index (κ2) is 4.77. The summed E-state index contributed by atoms with van der Waals surface area (Å²) in [5.74, 6) is -0.929. The van der Waals surface area contributed by atoms with E-state index in [-0.39, 0.29) is 23.6 Å². The Balaban J connectivity index is 2.31. The van der Waals surface area contributed by atoms with E-state index in [0.717, 1.165) is 29.2 Å². The molecule has 2 aromatic heterocycles. The number of pyridine rings is 1. The van der Waals surface area contributed by atoms with E-state index in [4.69, 9.17) is 9.52 Å². The minimum atomic E-state index is -1.15. The van der Waals surface area contributed by atoms with Gasteiger partial charge in [0.05, 0.1) is 23.2 Å². The molecular formula is C11H8N2O6. The topological polar surface area (TPSA) is 116 Å². The Hall–Kier alpha value is -2.90. The number of hydrogen-bond acceptors (Lipinski definition) is 5. The van der Waals surface area contributed by atoms with E-state index in [2.05, 4.69) is 0 Å². The quantitative estimate of drug-likeness (QED) is 0.652. The summed E-state index contributed by atoms with van der Waals surface area (Å²) < 4.78 is 6.05. The van der Waals surface area contributed by atoms with Gasteiger partial charge < -0.3 is 14.1 Å². The van der Waals surface area contributed by atoms with Gasteiger partial charge in [-0.3, -0.25) is 14.9 Å². The van der Waals surface area contributed by atoms with Crippen LogP contribution in [-0.2, 0) is 6.54 Å². The molecule has 0 fully saturated rings. The summed E-state index contributed by atoms with van der Waals surface area (Å²) in [5, 5.41) is 19.3. The van der Waals surface area contributed by atoms with Crippen molar-refractivity contribution >= 4 is 11.7 Å². The Bertz CT molecular complexity index is 699. The van der Waals surface area contributed by atoms with Crippen LogP contribution < -0.4 is 5.56 Å². The molecule has 98 valence electrons. The monoisotopic (exact) mass is 264 g/mol.